The Labute approximate surface area is 181 Å². The first kappa shape index (κ1) is 20.4. The minimum absolute atomic E-state index is 0.0413. The van der Waals surface area contributed by atoms with Gasteiger partial charge in [0.05, 0.1) is 11.2 Å². The van der Waals surface area contributed by atoms with Crippen molar-refractivity contribution in [3.63, 3.8) is 0 Å². The average molecular weight is 423 g/mol. The van der Waals surface area contributed by atoms with Gasteiger partial charge in [0.1, 0.15) is 24.2 Å². The second kappa shape index (κ2) is 9.30. The summed E-state index contributed by atoms with van der Waals surface area (Å²) in [6.07, 6.45) is 1.81. The van der Waals surface area contributed by atoms with E-state index in [2.05, 4.69) is 31.0 Å². The SMILES string of the molecule is Cc1cccc(C)c1OC1CCN(C(=O)c2cccc(OCc3cscn3)c2)CC1. The summed E-state index contributed by atoms with van der Waals surface area (Å²) >= 11 is 1.54. The molecule has 0 N–H and O–H groups in total. The van der Waals surface area contributed by atoms with Gasteiger partial charge in [0.25, 0.3) is 5.91 Å². The molecular formula is C24H26N2O3S. The lowest BCUT2D eigenvalue weighted by Gasteiger charge is -2.33. The van der Waals surface area contributed by atoms with E-state index < -0.39 is 0 Å². The molecule has 1 aliphatic rings. The van der Waals surface area contributed by atoms with E-state index in [0.717, 1.165) is 35.4 Å². The average Bonchev–Trinajstić information content (AvgIpc) is 3.29. The van der Waals surface area contributed by atoms with Crippen molar-refractivity contribution in [2.75, 3.05) is 13.1 Å². The minimum Gasteiger partial charge on any atom is -0.490 e. The Morgan fingerprint density at radius 1 is 1.13 bits per heavy atom. The number of nitrogens with zero attached hydrogens (tertiary/aromatic N) is 2. The lowest BCUT2D eigenvalue weighted by atomic mass is 10.1. The second-order valence-corrected chi connectivity index (χ2v) is 8.35. The Morgan fingerprint density at radius 2 is 1.87 bits per heavy atom. The normalized spacial score (nSPS) is 14.5. The number of hydrogen-bond acceptors (Lipinski definition) is 5. The van der Waals surface area contributed by atoms with Gasteiger partial charge in [-0.15, -0.1) is 11.3 Å². The van der Waals surface area contributed by atoms with Gasteiger partial charge in [-0.05, 0) is 43.2 Å². The van der Waals surface area contributed by atoms with Crippen molar-refractivity contribution < 1.29 is 14.3 Å². The van der Waals surface area contributed by atoms with E-state index in [1.54, 1.807) is 16.8 Å². The van der Waals surface area contributed by atoms with E-state index in [1.165, 1.54) is 0 Å². The number of amides is 1. The van der Waals surface area contributed by atoms with Crippen LogP contribution in [0.3, 0.4) is 0 Å². The van der Waals surface area contributed by atoms with Crippen LogP contribution in [0.5, 0.6) is 11.5 Å². The molecule has 5 nitrogen and oxygen atoms in total. The highest BCUT2D eigenvalue weighted by molar-refractivity contribution is 7.07. The van der Waals surface area contributed by atoms with E-state index in [4.69, 9.17) is 9.47 Å². The van der Waals surface area contributed by atoms with Crippen molar-refractivity contribution in [2.24, 2.45) is 0 Å². The van der Waals surface area contributed by atoms with Crippen molar-refractivity contribution >= 4 is 17.2 Å². The molecule has 0 spiro atoms. The molecule has 0 saturated carbocycles. The fourth-order valence-electron chi connectivity index (χ4n) is 3.70. The lowest BCUT2D eigenvalue weighted by molar-refractivity contribution is 0.0592. The number of ether oxygens (including phenoxy) is 2. The summed E-state index contributed by atoms with van der Waals surface area (Å²) in [5.74, 6) is 1.70. The smallest absolute Gasteiger partial charge is 0.253 e. The van der Waals surface area contributed by atoms with Gasteiger partial charge in [0, 0.05) is 36.9 Å². The number of rotatable bonds is 6. The maximum absolute atomic E-state index is 13.0. The van der Waals surface area contributed by atoms with Crippen LogP contribution in [0, 0.1) is 13.8 Å². The zero-order chi connectivity index (χ0) is 20.9. The zero-order valence-electron chi connectivity index (χ0n) is 17.3. The number of hydrogen-bond donors (Lipinski definition) is 0. The second-order valence-electron chi connectivity index (χ2n) is 7.63. The molecule has 1 amide bonds. The Balaban J connectivity index is 1.33. The molecule has 1 saturated heterocycles. The van der Waals surface area contributed by atoms with Gasteiger partial charge in [0.2, 0.25) is 0 Å². The quantitative estimate of drug-likeness (QED) is 0.560. The summed E-state index contributed by atoms with van der Waals surface area (Å²) in [5.41, 5.74) is 5.64. The largest absolute Gasteiger partial charge is 0.490 e. The molecule has 2 heterocycles. The number of thiazole rings is 1. The molecule has 1 aliphatic heterocycles. The maximum Gasteiger partial charge on any atom is 0.253 e. The highest BCUT2D eigenvalue weighted by Crippen LogP contribution is 2.27. The molecule has 1 aromatic heterocycles. The molecule has 30 heavy (non-hydrogen) atoms. The number of piperidine rings is 1. The highest BCUT2D eigenvalue weighted by atomic mass is 32.1. The third-order valence-electron chi connectivity index (χ3n) is 5.37. The van der Waals surface area contributed by atoms with Crippen LogP contribution < -0.4 is 9.47 Å². The molecule has 6 heteroatoms. The van der Waals surface area contributed by atoms with Crippen molar-refractivity contribution in [3.05, 3.63) is 75.7 Å². The van der Waals surface area contributed by atoms with Gasteiger partial charge in [-0.25, -0.2) is 4.98 Å². The number of aryl methyl sites for hydroxylation is 2. The first-order valence-electron chi connectivity index (χ1n) is 10.2. The van der Waals surface area contributed by atoms with Crippen molar-refractivity contribution in [1.29, 1.82) is 0 Å². The maximum atomic E-state index is 13.0. The standard InChI is InChI=1S/C24H26N2O3S/c1-17-5-3-6-18(2)23(17)29-21-9-11-26(12-10-21)24(27)19-7-4-8-22(13-19)28-14-20-15-30-16-25-20/h3-8,13,15-16,21H,9-12,14H2,1-2H3. The molecule has 1 fully saturated rings. The monoisotopic (exact) mass is 422 g/mol. The van der Waals surface area contributed by atoms with Crippen LogP contribution >= 0.6 is 11.3 Å². The molecule has 0 bridgehead atoms. The Bertz CT molecular complexity index is 975. The Kier molecular flexibility index (Phi) is 6.33. The van der Waals surface area contributed by atoms with Gasteiger partial charge in [-0.2, -0.15) is 0 Å². The van der Waals surface area contributed by atoms with E-state index in [1.807, 2.05) is 40.6 Å². The minimum atomic E-state index is 0.0413. The number of carbonyl (C=O) groups is 1. The van der Waals surface area contributed by atoms with Crippen molar-refractivity contribution in [2.45, 2.75) is 39.4 Å². The van der Waals surface area contributed by atoms with Crippen LogP contribution in [0.15, 0.2) is 53.4 Å². The summed E-state index contributed by atoms with van der Waals surface area (Å²) in [7, 11) is 0. The number of benzene rings is 2. The summed E-state index contributed by atoms with van der Waals surface area (Å²) in [5, 5.41) is 1.96. The van der Waals surface area contributed by atoms with E-state index in [0.29, 0.717) is 31.0 Å². The summed E-state index contributed by atoms with van der Waals surface area (Å²) in [4.78, 5) is 19.1. The molecule has 156 valence electrons. The van der Waals surface area contributed by atoms with E-state index in [9.17, 15) is 4.79 Å². The predicted molar refractivity (Wildman–Crippen MR) is 118 cm³/mol. The number of carbonyl (C=O) groups excluding carboxylic acids is 1. The fraction of sp³-hybridized carbons (Fsp3) is 0.333. The van der Waals surface area contributed by atoms with Crippen LogP contribution in [0.2, 0.25) is 0 Å². The Hall–Kier alpha value is -2.86. The van der Waals surface area contributed by atoms with Crippen molar-refractivity contribution in [3.8, 4) is 11.5 Å². The molecule has 2 aromatic carbocycles. The van der Waals surface area contributed by atoms with Crippen molar-refractivity contribution in [1.82, 2.24) is 9.88 Å². The van der Waals surface area contributed by atoms with Crippen LogP contribution in [-0.4, -0.2) is 35.0 Å². The third kappa shape index (κ3) is 4.82. The zero-order valence-corrected chi connectivity index (χ0v) is 18.2. The van der Waals surface area contributed by atoms with Gasteiger partial charge < -0.3 is 14.4 Å². The molecule has 0 aliphatic carbocycles. The number of para-hydroxylation sites is 1. The lowest BCUT2D eigenvalue weighted by Crippen LogP contribution is -2.41. The Morgan fingerprint density at radius 3 is 2.57 bits per heavy atom. The van der Waals surface area contributed by atoms with Gasteiger partial charge in [-0.1, -0.05) is 24.3 Å². The van der Waals surface area contributed by atoms with Gasteiger partial charge in [0.15, 0.2) is 0 Å². The first-order valence-corrected chi connectivity index (χ1v) is 11.2. The molecular weight excluding hydrogens is 396 g/mol. The summed E-state index contributed by atoms with van der Waals surface area (Å²) in [6, 6.07) is 13.6. The fourth-order valence-corrected chi connectivity index (χ4v) is 4.24. The highest BCUT2D eigenvalue weighted by Gasteiger charge is 2.25. The molecule has 4 rings (SSSR count). The first-order chi connectivity index (χ1) is 14.6. The number of likely N-dealkylation sites (tertiary alicyclic amines) is 1. The van der Waals surface area contributed by atoms with Crippen LogP contribution in [0.25, 0.3) is 0 Å². The van der Waals surface area contributed by atoms with Crippen LogP contribution in [0.1, 0.15) is 40.0 Å². The van der Waals surface area contributed by atoms with Crippen LogP contribution in [-0.2, 0) is 6.61 Å². The molecule has 0 atom stereocenters. The summed E-state index contributed by atoms with van der Waals surface area (Å²) in [6.45, 7) is 5.94. The molecule has 0 radical (unpaired) electrons. The van der Waals surface area contributed by atoms with Crippen LogP contribution in [0.4, 0.5) is 0 Å². The summed E-state index contributed by atoms with van der Waals surface area (Å²) < 4.78 is 12.1. The van der Waals surface area contributed by atoms with E-state index in [-0.39, 0.29) is 12.0 Å². The topological polar surface area (TPSA) is 51.7 Å². The predicted octanol–water partition coefficient (Wildman–Crippen LogP) is 5.02. The third-order valence-corrected chi connectivity index (χ3v) is 6.01. The molecule has 0 unspecified atom stereocenters. The van der Waals surface area contributed by atoms with Gasteiger partial charge >= 0.3 is 0 Å². The van der Waals surface area contributed by atoms with E-state index >= 15 is 0 Å². The van der Waals surface area contributed by atoms with Gasteiger partial charge in [-0.3, -0.25) is 4.79 Å². The molecule has 3 aromatic rings. The number of aromatic nitrogens is 1.